The van der Waals surface area contributed by atoms with Crippen molar-refractivity contribution in [3.63, 3.8) is 0 Å². The third-order valence-electron chi connectivity index (χ3n) is 17.6. The van der Waals surface area contributed by atoms with Crippen LogP contribution in [0.2, 0.25) is 0 Å². The first-order valence-electron chi connectivity index (χ1n) is 22.5. The lowest BCUT2D eigenvalue weighted by Gasteiger charge is -2.70. The Labute approximate surface area is 346 Å². The standard InChI is InChI=1S/C50H68N2O6/c1-28-20-30(23-32(21-28)31-13-18-57-19-14-31)24-33-26-52(35-12-17-51-42(33)35)27-34-41-40(29(2)22-36(53)45-47(5,6)58-45)37(54)25-50(41,9)49(8)16-10-38-46(3,4)39(55)11-15-48(38,7)44(49)43(34)56/h12,17,20-21,23,26,29,31,34-36,38,43-45,53,56H,10-11,13-16,18-19,22,24-25,27H2,1-9H3/t29-,34+,35?,36-,38+,43-,44+,45+,48+,49+,50-/m1/s1. The number of nitrogens with zero attached hydrogens (tertiary/aromatic N) is 2. The Bertz CT molecular complexity index is 2020. The number of hydrogen-bond acceptors (Lipinski definition) is 8. The Balaban J connectivity index is 1.11. The van der Waals surface area contributed by atoms with Gasteiger partial charge in [0.15, 0.2) is 5.78 Å². The second kappa shape index (κ2) is 13.8. The highest BCUT2D eigenvalue weighted by Gasteiger charge is 2.72. The van der Waals surface area contributed by atoms with E-state index in [9.17, 15) is 19.8 Å². The van der Waals surface area contributed by atoms with Gasteiger partial charge < -0.3 is 24.6 Å². The molecule has 5 fully saturated rings. The summed E-state index contributed by atoms with van der Waals surface area (Å²) in [5.74, 6) is 0.595. The number of allylic oxidation sites excluding steroid dienone is 1. The molecule has 4 aliphatic carbocycles. The molecule has 0 amide bonds. The SMILES string of the molecule is Cc1cc(CC2=CN(C[C@H]3C4=C([C@H](C)C[C@@H](O)[C@@H]5OC5(C)C)C(=O)C[C@@]4(C)[C@@]4(C)CC[C@H]5C(C)(C)C(=O)CC[C@]5(C)[C@@H]4[C@@H]3O)C3C=CN=C23)cc(C2CCOCC2)c1. The van der Waals surface area contributed by atoms with E-state index in [0.717, 1.165) is 68.6 Å². The van der Waals surface area contributed by atoms with Crippen LogP contribution in [-0.4, -0.2) is 82.1 Å². The number of ether oxygens (including phenoxy) is 2. The van der Waals surface area contributed by atoms with E-state index < -0.39 is 23.0 Å². The highest BCUT2D eigenvalue weighted by Crippen LogP contribution is 2.75. The van der Waals surface area contributed by atoms with Gasteiger partial charge >= 0.3 is 0 Å². The molecule has 8 heteroatoms. The molecule has 3 saturated carbocycles. The summed E-state index contributed by atoms with van der Waals surface area (Å²) in [6, 6.07) is 7.01. The number of aliphatic hydroxyl groups is 2. The molecule has 314 valence electrons. The molecule has 0 radical (unpaired) electrons. The van der Waals surface area contributed by atoms with Crippen LogP contribution < -0.4 is 0 Å². The molecule has 0 aromatic heterocycles. The number of aryl methyl sites for hydroxylation is 1. The molecule has 0 spiro atoms. The molecule has 8 aliphatic rings. The van der Waals surface area contributed by atoms with Crippen LogP contribution in [-0.2, 0) is 25.5 Å². The van der Waals surface area contributed by atoms with Gasteiger partial charge in [0.2, 0.25) is 0 Å². The summed E-state index contributed by atoms with van der Waals surface area (Å²) >= 11 is 0. The molecule has 1 unspecified atom stereocenters. The fraction of sp³-hybridized carbons (Fsp3) is 0.700. The van der Waals surface area contributed by atoms with E-state index in [0.29, 0.717) is 37.5 Å². The van der Waals surface area contributed by atoms with Crippen molar-refractivity contribution in [2.45, 2.75) is 156 Å². The van der Waals surface area contributed by atoms with E-state index in [1.807, 2.05) is 20.0 Å². The number of aliphatic hydroxyl groups excluding tert-OH is 2. The second-order valence-electron chi connectivity index (χ2n) is 21.8. The molecule has 1 aromatic carbocycles. The van der Waals surface area contributed by atoms with Crippen molar-refractivity contribution in [1.82, 2.24) is 4.90 Å². The van der Waals surface area contributed by atoms with E-state index >= 15 is 0 Å². The number of benzene rings is 1. The average molecular weight is 793 g/mol. The summed E-state index contributed by atoms with van der Waals surface area (Å²) in [7, 11) is 0. The maximum Gasteiger partial charge on any atom is 0.160 e. The molecule has 1 aromatic rings. The van der Waals surface area contributed by atoms with Gasteiger partial charge in [0, 0.05) is 68.2 Å². The van der Waals surface area contributed by atoms with Gasteiger partial charge in [0.05, 0.1) is 29.6 Å². The lowest BCUT2D eigenvalue weighted by atomic mass is 9.34. The van der Waals surface area contributed by atoms with E-state index in [4.69, 9.17) is 14.5 Å². The number of Topliss-reactive ketones (excluding diaryl/α,β-unsaturated/α-hetero) is 2. The largest absolute Gasteiger partial charge is 0.392 e. The summed E-state index contributed by atoms with van der Waals surface area (Å²) < 4.78 is 11.6. The molecule has 2 N–H and O–H groups in total. The lowest BCUT2D eigenvalue weighted by Crippen LogP contribution is -2.68. The van der Waals surface area contributed by atoms with Gasteiger partial charge in [-0.05, 0) is 128 Å². The molecular formula is C50H68N2O6. The number of aliphatic imine (C=N–C) groups is 1. The molecule has 11 atom stereocenters. The molecular weight excluding hydrogens is 725 g/mol. The zero-order valence-electron chi connectivity index (χ0n) is 36.6. The monoisotopic (exact) mass is 793 g/mol. The van der Waals surface area contributed by atoms with Crippen molar-refractivity contribution >= 4 is 17.3 Å². The van der Waals surface area contributed by atoms with Crippen LogP contribution in [0.3, 0.4) is 0 Å². The number of rotatable bonds is 9. The fourth-order valence-electron chi connectivity index (χ4n) is 14.6. The van der Waals surface area contributed by atoms with Crippen molar-refractivity contribution < 1.29 is 29.3 Å². The Morgan fingerprint density at radius 3 is 2.43 bits per heavy atom. The number of carbonyl (C=O) groups is 2. The number of fused-ring (bicyclic) bond motifs is 6. The summed E-state index contributed by atoms with van der Waals surface area (Å²) in [5, 5.41) is 24.8. The van der Waals surface area contributed by atoms with Crippen LogP contribution in [0.4, 0.5) is 0 Å². The predicted octanol–water partition coefficient (Wildman–Crippen LogP) is 8.23. The fourth-order valence-corrected chi connectivity index (χ4v) is 14.6. The first kappa shape index (κ1) is 40.5. The summed E-state index contributed by atoms with van der Waals surface area (Å²) in [6.07, 6.45) is 11.6. The maximum atomic E-state index is 14.7. The minimum Gasteiger partial charge on any atom is -0.392 e. The number of ketones is 2. The van der Waals surface area contributed by atoms with Gasteiger partial charge in [-0.2, -0.15) is 0 Å². The van der Waals surface area contributed by atoms with Crippen molar-refractivity contribution in [1.29, 1.82) is 0 Å². The zero-order chi connectivity index (χ0) is 41.3. The molecule has 8 nitrogen and oxygen atoms in total. The average Bonchev–Trinajstić information content (AvgIpc) is 3.44. The van der Waals surface area contributed by atoms with Crippen LogP contribution in [0.1, 0.15) is 129 Å². The van der Waals surface area contributed by atoms with Crippen molar-refractivity contribution in [3.8, 4) is 0 Å². The molecule has 58 heavy (non-hydrogen) atoms. The molecule has 4 heterocycles. The smallest absolute Gasteiger partial charge is 0.160 e. The highest BCUT2D eigenvalue weighted by atomic mass is 16.6. The van der Waals surface area contributed by atoms with Crippen LogP contribution in [0.5, 0.6) is 0 Å². The zero-order valence-corrected chi connectivity index (χ0v) is 36.6. The van der Waals surface area contributed by atoms with Crippen molar-refractivity contribution in [3.05, 3.63) is 70.1 Å². The quantitative estimate of drug-likeness (QED) is 0.243. The highest BCUT2D eigenvalue weighted by molar-refractivity contribution is 6.09. The van der Waals surface area contributed by atoms with Crippen LogP contribution in [0.15, 0.2) is 58.4 Å². The van der Waals surface area contributed by atoms with Gasteiger partial charge in [0.1, 0.15) is 11.9 Å². The summed E-state index contributed by atoms with van der Waals surface area (Å²) in [5.41, 5.74) is 6.28. The minimum atomic E-state index is -0.712. The van der Waals surface area contributed by atoms with Crippen LogP contribution in [0, 0.1) is 52.3 Å². The Morgan fingerprint density at radius 1 is 1.00 bits per heavy atom. The third-order valence-corrected chi connectivity index (χ3v) is 17.6. The van der Waals surface area contributed by atoms with Gasteiger partial charge in [-0.25, -0.2) is 0 Å². The number of carbonyl (C=O) groups excluding carboxylic acids is 2. The Hall–Kier alpha value is -2.91. The van der Waals surface area contributed by atoms with E-state index in [1.54, 1.807) is 0 Å². The van der Waals surface area contributed by atoms with Gasteiger partial charge in [0.25, 0.3) is 0 Å². The lowest BCUT2D eigenvalue weighted by molar-refractivity contribution is -0.219. The predicted molar refractivity (Wildman–Crippen MR) is 226 cm³/mol. The summed E-state index contributed by atoms with van der Waals surface area (Å²) in [6.45, 7) is 21.9. The van der Waals surface area contributed by atoms with Gasteiger partial charge in [-0.1, -0.05) is 65.3 Å². The summed E-state index contributed by atoms with van der Waals surface area (Å²) in [4.78, 5) is 35.6. The maximum absolute atomic E-state index is 14.7. The minimum absolute atomic E-state index is 0.0305. The van der Waals surface area contributed by atoms with Crippen molar-refractivity contribution in [2.24, 2.45) is 50.3 Å². The van der Waals surface area contributed by atoms with Gasteiger partial charge in [-0.3, -0.25) is 14.6 Å². The van der Waals surface area contributed by atoms with Crippen LogP contribution in [0.25, 0.3) is 0 Å². The second-order valence-corrected chi connectivity index (χ2v) is 21.8. The van der Waals surface area contributed by atoms with Crippen molar-refractivity contribution in [2.75, 3.05) is 19.8 Å². The first-order valence-corrected chi connectivity index (χ1v) is 22.5. The van der Waals surface area contributed by atoms with Gasteiger partial charge in [-0.15, -0.1) is 0 Å². The van der Waals surface area contributed by atoms with E-state index in [1.165, 1.54) is 22.3 Å². The molecule has 9 rings (SSSR count). The number of hydrogen-bond donors (Lipinski definition) is 2. The Morgan fingerprint density at radius 2 is 1.72 bits per heavy atom. The molecule has 2 saturated heterocycles. The molecule has 4 aliphatic heterocycles. The number of epoxide rings is 1. The van der Waals surface area contributed by atoms with Crippen LogP contribution >= 0.6 is 0 Å². The Kier molecular flexibility index (Phi) is 9.64. The molecule has 0 bridgehead atoms. The van der Waals surface area contributed by atoms with E-state index in [-0.39, 0.29) is 58.0 Å². The van der Waals surface area contributed by atoms with E-state index in [2.05, 4.69) is 83.8 Å². The third kappa shape index (κ3) is 6.07. The first-order chi connectivity index (χ1) is 27.3. The topological polar surface area (TPSA) is 112 Å². The normalized spacial score (nSPS) is 39.8.